The van der Waals surface area contributed by atoms with Crippen LogP contribution in [0.3, 0.4) is 0 Å². The molecule has 0 bridgehead atoms. The Balaban J connectivity index is 1.84. The molecule has 2 aromatic rings. The minimum atomic E-state index is -0.359. The second-order valence-corrected chi connectivity index (χ2v) is 6.98. The molecule has 2 aromatic carbocycles. The number of carbonyl (C=O) groups excluding carboxylic acids is 2. The van der Waals surface area contributed by atoms with Gasteiger partial charge in [0.2, 0.25) is 5.91 Å². The molecule has 0 aliphatic rings. The number of hydrogen-bond acceptors (Lipinski definition) is 3. The van der Waals surface area contributed by atoms with Crippen LogP contribution in [0.15, 0.2) is 48.5 Å². The molecule has 2 rings (SSSR count). The van der Waals surface area contributed by atoms with Crippen LogP contribution in [0.5, 0.6) is 0 Å². The number of nitrogens with one attached hydrogen (secondary N) is 1. The molecule has 0 saturated carbocycles. The predicted molar refractivity (Wildman–Crippen MR) is 104 cm³/mol. The molecule has 1 N–H and O–H groups in total. The third-order valence-corrected chi connectivity index (χ3v) is 4.03. The standard InChI is InChI=1S/C22H27NO3/c1-15(2)18-8-5-17(6-9-18)7-14-21(24)23-20-12-10-19(11-13-20)22(25)26-16(3)4/h5-6,8-13,15-16H,7,14H2,1-4H3,(H,23,24). The van der Waals surface area contributed by atoms with E-state index in [2.05, 4.69) is 43.4 Å². The van der Waals surface area contributed by atoms with Crippen LogP contribution in [0.25, 0.3) is 0 Å². The van der Waals surface area contributed by atoms with E-state index in [0.717, 1.165) is 5.56 Å². The second kappa shape index (κ2) is 9.18. The fourth-order valence-electron chi connectivity index (χ4n) is 2.52. The van der Waals surface area contributed by atoms with Crippen molar-refractivity contribution in [2.75, 3.05) is 5.32 Å². The van der Waals surface area contributed by atoms with Gasteiger partial charge < -0.3 is 10.1 Å². The summed E-state index contributed by atoms with van der Waals surface area (Å²) in [7, 11) is 0. The van der Waals surface area contributed by atoms with Crippen LogP contribution >= 0.6 is 0 Å². The van der Waals surface area contributed by atoms with Crippen LogP contribution in [0.2, 0.25) is 0 Å². The monoisotopic (exact) mass is 353 g/mol. The largest absolute Gasteiger partial charge is 0.459 e. The number of rotatable bonds is 7. The molecule has 0 heterocycles. The number of aryl methyl sites for hydroxylation is 1. The third kappa shape index (κ3) is 6.03. The zero-order chi connectivity index (χ0) is 19.1. The van der Waals surface area contributed by atoms with E-state index in [1.807, 2.05) is 13.8 Å². The Labute approximate surface area is 155 Å². The molecule has 4 heteroatoms. The Bertz CT molecular complexity index is 731. The fraction of sp³-hybridized carbons (Fsp3) is 0.364. The van der Waals surface area contributed by atoms with Crippen molar-refractivity contribution >= 4 is 17.6 Å². The van der Waals surface area contributed by atoms with Crippen molar-refractivity contribution in [1.29, 1.82) is 0 Å². The highest BCUT2D eigenvalue weighted by atomic mass is 16.5. The quantitative estimate of drug-likeness (QED) is 0.717. The summed E-state index contributed by atoms with van der Waals surface area (Å²) in [5.41, 5.74) is 3.60. The Morgan fingerprint density at radius 3 is 2.08 bits per heavy atom. The zero-order valence-corrected chi connectivity index (χ0v) is 15.9. The zero-order valence-electron chi connectivity index (χ0n) is 15.9. The van der Waals surface area contributed by atoms with Crippen molar-refractivity contribution in [3.05, 3.63) is 65.2 Å². The first-order chi connectivity index (χ1) is 12.3. The molecule has 0 atom stereocenters. The van der Waals surface area contributed by atoms with Crippen LogP contribution in [0.4, 0.5) is 5.69 Å². The molecular formula is C22H27NO3. The van der Waals surface area contributed by atoms with Crippen molar-refractivity contribution in [3.8, 4) is 0 Å². The highest BCUT2D eigenvalue weighted by Crippen LogP contribution is 2.16. The molecule has 0 aromatic heterocycles. The Morgan fingerprint density at radius 1 is 0.923 bits per heavy atom. The molecular weight excluding hydrogens is 326 g/mol. The van der Waals surface area contributed by atoms with E-state index < -0.39 is 0 Å². The summed E-state index contributed by atoms with van der Waals surface area (Å²) < 4.78 is 5.14. The van der Waals surface area contributed by atoms with Gasteiger partial charge in [0.15, 0.2) is 0 Å². The molecule has 0 aliphatic carbocycles. The fourth-order valence-corrected chi connectivity index (χ4v) is 2.52. The Morgan fingerprint density at radius 2 is 1.54 bits per heavy atom. The molecule has 0 spiro atoms. The number of hydrogen-bond donors (Lipinski definition) is 1. The lowest BCUT2D eigenvalue weighted by molar-refractivity contribution is -0.116. The topological polar surface area (TPSA) is 55.4 Å². The molecule has 4 nitrogen and oxygen atoms in total. The summed E-state index contributed by atoms with van der Waals surface area (Å²) in [6.07, 6.45) is 0.956. The van der Waals surface area contributed by atoms with E-state index >= 15 is 0 Å². The first kappa shape index (κ1) is 19.7. The Hall–Kier alpha value is -2.62. The summed E-state index contributed by atoms with van der Waals surface area (Å²) in [5.74, 6) is 0.103. The van der Waals surface area contributed by atoms with Gasteiger partial charge in [0.05, 0.1) is 11.7 Å². The van der Waals surface area contributed by atoms with Crippen LogP contribution < -0.4 is 5.32 Å². The van der Waals surface area contributed by atoms with Gasteiger partial charge in [-0.15, -0.1) is 0 Å². The first-order valence-corrected chi connectivity index (χ1v) is 9.05. The molecule has 1 amide bonds. The average molecular weight is 353 g/mol. The van der Waals surface area contributed by atoms with Gasteiger partial charge in [0.1, 0.15) is 0 Å². The van der Waals surface area contributed by atoms with E-state index in [9.17, 15) is 9.59 Å². The van der Waals surface area contributed by atoms with Gasteiger partial charge in [-0.05, 0) is 61.6 Å². The van der Waals surface area contributed by atoms with Crippen molar-refractivity contribution in [3.63, 3.8) is 0 Å². The summed E-state index contributed by atoms with van der Waals surface area (Å²) in [6, 6.07) is 15.1. The molecule has 138 valence electrons. The summed E-state index contributed by atoms with van der Waals surface area (Å²) >= 11 is 0. The van der Waals surface area contributed by atoms with E-state index in [1.165, 1.54) is 5.56 Å². The third-order valence-electron chi connectivity index (χ3n) is 4.03. The van der Waals surface area contributed by atoms with Gasteiger partial charge in [0, 0.05) is 12.1 Å². The normalized spacial score (nSPS) is 10.8. The van der Waals surface area contributed by atoms with Crippen LogP contribution in [0, 0.1) is 0 Å². The number of carbonyl (C=O) groups is 2. The number of anilines is 1. The molecule has 0 saturated heterocycles. The maximum absolute atomic E-state index is 12.1. The molecule has 26 heavy (non-hydrogen) atoms. The van der Waals surface area contributed by atoms with Crippen molar-refractivity contribution in [2.45, 2.75) is 52.6 Å². The van der Waals surface area contributed by atoms with E-state index in [1.54, 1.807) is 24.3 Å². The van der Waals surface area contributed by atoms with Gasteiger partial charge in [0.25, 0.3) is 0 Å². The highest BCUT2D eigenvalue weighted by Gasteiger charge is 2.10. The van der Waals surface area contributed by atoms with Crippen molar-refractivity contribution in [2.24, 2.45) is 0 Å². The van der Waals surface area contributed by atoms with Gasteiger partial charge in [-0.1, -0.05) is 38.1 Å². The summed E-state index contributed by atoms with van der Waals surface area (Å²) in [4.78, 5) is 23.9. The smallest absolute Gasteiger partial charge is 0.338 e. The molecule has 0 fully saturated rings. The lowest BCUT2D eigenvalue weighted by Gasteiger charge is -2.09. The summed E-state index contributed by atoms with van der Waals surface area (Å²) in [5, 5.41) is 2.86. The molecule has 0 radical (unpaired) electrons. The van der Waals surface area contributed by atoms with Crippen LogP contribution in [-0.4, -0.2) is 18.0 Å². The minimum Gasteiger partial charge on any atom is -0.459 e. The Kier molecular flexibility index (Phi) is 6.96. The SMILES string of the molecule is CC(C)OC(=O)c1ccc(NC(=O)CCc2ccc(C(C)C)cc2)cc1. The maximum atomic E-state index is 12.1. The van der Waals surface area contributed by atoms with Gasteiger partial charge >= 0.3 is 5.97 Å². The number of esters is 1. The summed E-state index contributed by atoms with van der Waals surface area (Å²) in [6.45, 7) is 7.94. The predicted octanol–water partition coefficient (Wildman–Crippen LogP) is 4.95. The van der Waals surface area contributed by atoms with E-state index in [-0.39, 0.29) is 18.0 Å². The van der Waals surface area contributed by atoms with E-state index in [0.29, 0.717) is 30.0 Å². The number of ether oxygens (including phenoxy) is 1. The molecule has 0 unspecified atom stereocenters. The molecule has 0 aliphatic heterocycles. The number of benzene rings is 2. The van der Waals surface area contributed by atoms with Crippen LogP contribution in [-0.2, 0) is 16.0 Å². The second-order valence-electron chi connectivity index (χ2n) is 6.98. The van der Waals surface area contributed by atoms with Crippen molar-refractivity contribution in [1.82, 2.24) is 0 Å². The van der Waals surface area contributed by atoms with Gasteiger partial charge in [-0.2, -0.15) is 0 Å². The lowest BCUT2D eigenvalue weighted by atomic mass is 10.0. The van der Waals surface area contributed by atoms with Crippen LogP contribution in [0.1, 0.15) is 61.5 Å². The van der Waals surface area contributed by atoms with Gasteiger partial charge in [-0.25, -0.2) is 4.79 Å². The maximum Gasteiger partial charge on any atom is 0.338 e. The van der Waals surface area contributed by atoms with Crippen molar-refractivity contribution < 1.29 is 14.3 Å². The first-order valence-electron chi connectivity index (χ1n) is 9.05. The highest BCUT2D eigenvalue weighted by molar-refractivity contribution is 5.93. The minimum absolute atomic E-state index is 0.0459. The average Bonchev–Trinajstić information content (AvgIpc) is 2.60. The lowest BCUT2D eigenvalue weighted by Crippen LogP contribution is -2.13. The number of amides is 1. The van der Waals surface area contributed by atoms with E-state index in [4.69, 9.17) is 4.74 Å². The van der Waals surface area contributed by atoms with Gasteiger partial charge in [-0.3, -0.25) is 4.79 Å².